The Labute approximate surface area is 98.3 Å². The van der Waals surface area contributed by atoms with E-state index in [0.717, 1.165) is 18.7 Å². The summed E-state index contributed by atoms with van der Waals surface area (Å²) in [7, 11) is 0. The van der Waals surface area contributed by atoms with Crippen molar-refractivity contribution in [1.82, 2.24) is 5.32 Å². The number of hydrogen-bond donors (Lipinski definition) is 1. The zero-order valence-electron chi connectivity index (χ0n) is 8.77. The highest BCUT2D eigenvalue weighted by Crippen LogP contribution is 2.09. The molecule has 0 unspecified atom stereocenters. The van der Waals surface area contributed by atoms with Crippen LogP contribution in [0.25, 0.3) is 0 Å². The molecule has 0 fully saturated rings. The molecule has 0 aliphatic carbocycles. The zero-order chi connectivity index (χ0) is 11.2. The van der Waals surface area contributed by atoms with Gasteiger partial charge in [0.2, 0.25) is 5.76 Å². The molecule has 0 atom stereocenters. The summed E-state index contributed by atoms with van der Waals surface area (Å²) in [5.41, 5.74) is 0. The minimum Gasteiger partial charge on any atom is -0.449 e. The highest BCUT2D eigenvalue weighted by Gasteiger charge is 2.00. The third-order valence-corrected chi connectivity index (χ3v) is 3.14. The number of nitrogens with one attached hydrogen (secondary N) is 1. The molecule has 0 bridgehead atoms. The molecule has 0 amide bonds. The summed E-state index contributed by atoms with van der Waals surface area (Å²) in [6.07, 6.45) is 1.03. The molecule has 0 spiro atoms. The Morgan fingerprint density at radius 2 is 2.31 bits per heavy atom. The van der Waals surface area contributed by atoms with Gasteiger partial charge < -0.3 is 9.73 Å². The lowest BCUT2D eigenvalue weighted by atomic mass is 10.3. The van der Waals surface area contributed by atoms with E-state index in [1.54, 1.807) is 17.4 Å². The summed E-state index contributed by atoms with van der Waals surface area (Å²) in [4.78, 5) is 1.38. The van der Waals surface area contributed by atoms with Crippen LogP contribution in [0.5, 0.6) is 0 Å². The van der Waals surface area contributed by atoms with Gasteiger partial charge in [-0.05, 0) is 30.0 Å². The molecule has 1 N–H and O–H groups in total. The molecule has 2 aromatic rings. The normalized spacial score (nSPS) is 10.2. The second kappa shape index (κ2) is 5.50. The lowest BCUT2D eigenvalue weighted by Gasteiger charge is -2.00. The van der Waals surface area contributed by atoms with Crippen LogP contribution in [0.4, 0.5) is 0 Å². The molecule has 0 aliphatic heterocycles. The molecule has 2 heterocycles. The first-order chi connectivity index (χ1) is 7.88. The Morgan fingerprint density at radius 3 is 3.00 bits per heavy atom. The van der Waals surface area contributed by atoms with Crippen molar-refractivity contribution < 1.29 is 4.42 Å². The van der Waals surface area contributed by atoms with E-state index in [1.165, 1.54) is 4.88 Å². The van der Waals surface area contributed by atoms with Crippen LogP contribution in [0.2, 0.25) is 0 Å². The highest BCUT2D eigenvalue weighted by atomic mass is 32.1. The molecular weight excluding hydrogens is 220 g/mol. The molecule has 2 rings (SSSR count). The number of hydrogen-bond acceptors (Lipinski definition) is 4. The fourth-order valence-electron chi connectivity index (χ4n) is 1.41. The van der Waals surface area contributed by atoms with Gasteiger partial charge in [-0.1, -0.05) is 6.07 Å². The van der Waals surface area contributed by atoms with E-state index < -0.39 is 0 Å². The van der Waals surface area contributed by atoms with Crippen LogP contribution >= 0.6 is 11.3 Å². The summed E-state index contributed by atoms with van der Waals surface area (Å²) in [5.74, 6) is 1.18. The molecule has 3 nitrogen and oxygen atoms in total. The number of nitriles is 1. The van der Waals surface area contributed by atoms with Gasteiger partial charge in [0, 0.05) is 11.4 Å². The molecule has 0 saturated carbocycles. The monoisotopic (exact) mass is 232 g/mol. The zero-order valence-corrected chi connectivity index (χ0v) is 9.59. The first kappa shape index (κ1) is 10.9. The van der Waals surface area contributed by atoms with Crippen LogP contribution in [0, 0.1) is 11.3 Å². The maximum atomic E-state index is 8.58. The molecule has 0 aromatic carbocycles. The maximum Gasteiger partial charge on any atom is 0.203 e. The van der Waals surface area contributed by atoms with E-state index in [4.69, 9.17) is 9.68 Å². The molecule has 2 aromatic heterocycles. The van der Waals surface area contributed by atoms with E-state index in [9.17, 15) is 0 Å². The van der Waals surface area contributed by atoms with Gasteiger partial charge in [-0.25, -0.2) is 0 Å². The largest absolute Gasteiger partial charge is 0.449 e. The summed E-state index contributed by atoms with van der Waals surface area (Å²) >= 11 is 1.77. The lowest BCUT2D eigenvalue weighted by Crippen LogP contribution is -2.15. The Morgan fingerprint density at radius 1 is 1.38 bits per heavy atom. The number of rotatable bonds is 5. The van der Waals surface area contributed by atoms with Gasteiger partial charge in [-0.3, -0.25) is 0 Å². The lowest BCUT2D eigenvalue weighted by molar-refractivity contribution is 0.475. The van der Waals surface area contributed by atoms with Crippen LogP contribution in [0.15, 0.2) is 34.1 Å². The smallest absolute Gasteiger partial charge is 0.203 e. The van der Waals surface area contributed by atoms with Crippen LogP contribution in [0.3, 0.4) is 0 Å². The SMILES string of the molecule is N#Cc1ccc(CNCCc2cccs2)o1. The number of nitrogens with zero attached hydrogens (tertiary/aromatic N) is 1. The Bertz CT molecular complexity index is 467. The maximum absolute atomic E-state index is 8.58. The molecule has 82 valence electrons. The van der Waals surface area contributed by atoms with E-state index in [2.05, 4.69) is 22.8 Å². The van der Waals surface area contributed by atoms with Crippen LogP contribution in [-0.2, 0) is 13.0 Å². The van der Waals surface area contributed by atoms with E-state index in [-0.39, 0.29) is 0 Å². The third-order valence-electron chi connectivity index (χ3n) is 2.20. The summed E-state index contributed by atoms with van der Waals surface area (Å²) in [5, 5.41) is 14.0. The summed E-state index contributed by atoms with van der Waals surface area (Å²) < 4.78 is 5.25. The van der Waals surface area contributed by atoms with Gasteiger partial charge in [0.05, 0.1) is 6.54 Å². The van der Waals surface area contributed by atoms with Gasteiger partial charge >= 0.3 is 0 Å². The van der Waals surface area contributed by atoms with E-state index in [1.807, 2.05) is 12.1 Å². The molecule has 0 saturated heterocycles. The fraction of sp³-hybridized carbons (Fsp3) is 0.250. The van der Waals surface area contributed by atoms with Crippen molar-refractivity contribution in [2.24, 2.45) is 0 Å². The number of thiophene rings is 1. The topological polar surface area (TPSA) is 49.0 Å². The first-order valence-corrected chi connectivity index (χ1v) is 5.98. The minimum absolute atomic E-state index is 0.370. The Hall–Kier alpha value is -1.57. The second-order valence-electron chi connectivity index (χ2n) is 3.38. The Kier molecular flexibility index (Phi) is 3.76. The molecule has 4 heteroatoms. The van der Waals surface area contributed by atoms with E-state index >= 15 is 0 Å². The van der Waals surface area contributed by atoms with Crippen molar-refractivity contribution in [1.29, 1.82) is 5.26 Å². The average molecular weight is 232 g/mol. The van der Waals surface area contributed by atoms with E-state index in [0.29, 0.717) is 12.3 Å². The highest BCUT2D eigenvalue weighted by molar-refractivity contribution is 7.09. The predicted molar refractivity (Wildman–Crippen MR) is 63.2 cm³/mol. The van der Waals surface area contributed by atoms with Gasteiger partial charge in [-0.15, -0.1) is 11.3 Å². The standard InChI is InChI=1S/C12H12N2OS/c13-8-10-3-4-11(15-10)9-14-6-5-12-2-1-7-16-12/h1-4,7,14H,5-6,9H2. The second-order valence-corrected chi connectivity index (χ2v) is 4.42. The fourth-order valence-corrected chi connectivity index (χ4v) is 2.12. The Balaban J connectivity index is 1.70. The van der Waals surface area contributed by atoms with Gasteiger partial charge in [-0.2, -0.15) is 5.26 Å². The summed E-state index contributed by atoms with van der Waals surface area (Å²) in [6, 6.07) is 9.68. The van der Waals surface area contributed by atoms with Crippen LogP contribution in [0.1, 0.15) is 16.4 Å². The van der Waals surface area contributed by atoms with Crippen LogP contribution in [-0.4, -0.2) is 6.54 Å². The quantitative estimate of drug-likeness (QED) is 0.806. The van der Waals surface area contributed by atoms with Crippen molar-refractivity contribution in [3.8, 4) is 6.07 Å². The number of furan rings is 1. The van der Waals surface area contributed by atoms with Crippen molar-refractivity contribution in [2.75, 3.05) is 6.54 Å². The van der Waals surface area contributed by atoms with Crippen molar-refractivity contribution in [3.05, 3.63) is 46.0 Å². The molecule has 0 radical (unpaired) electrons. The van der Waals surface area contributed by atoms with Gasteiger partial charge in [0.1, 0.15) is 11.8 Å². The predicted octanol–water partition coefficient (Wildman–Crippen LogP) is 2.55. The van der Waals surface area contributed by atoms with Crippen molar-refractivity contribution >= 4 is 11.3 Å². The average Bonchev–Trinajstić information content (AvgIpc) is 2.95. The molecule has 0 aliphatic rings. The third kappa shape index (κ3) is 2.96. The minimum atomic E-state index is 0.370. The van der Waals surface area contributed by atoms with Gasteiger partial charge in [0.25, 0.3) is 0 Å². The van der Waals surface area contributed by atoms with Crippen molar-refractivity contribution in [2.45, 2.75) is 13.0 Å². The van der Waals surface area contributed by atoms with Gasteiger partial charge in [0.15, 0.2) is 0 Å². The molecule has 16 heavy (non-hydrogen) atoms. The van der Waals surface area contributed by atoms with Crippen molar-refractivity contribution in [3.63, 3.8) is 0 Å². The first-order valence-electron chi connectivity index (χ1n) is 5.10. The molecular formula is C12H12N2OS. The van der Waals surface area contributed by atoms with Crippen LogP contribution < -0.4 is 5.32 Å². The summed E-state index contributed by atoms with van der Waals surface area (Å²) in [6.45, 7) is 1.59.